The van der Waals surface area contributed by atoms with Crippen LogP contribution in [0.4, 0.5) is 0 Å². The number of carbonyl (C=O) groups excluding carboxylic acids is 2. The number of nitrogens with one attached hydrogen (secondary N) is 1. The highest BCUT2D eigenvalue weighted by Gasteiger charge is 2.57. The number of hydrogen-bond acceptors (Lipinski definition) is 4. The van der Waals surface area contributed by atoms with Crippen molar-refractivity contribution >= 4 is 11.8 Å². The molecule has 4 atom stereocenters. The fourth-order valence-corrected chi connectivity index (χ4v) is 5.84. The van der Waals surface area contributed by atoms with E-state index in [-0.39, 0.29) is 36.1 Å². The fourth-order valence-electron chi connectivity index (χ4n) is 5.84. The van der Waals surface area contributed by atoms with E-state index in [1.807, 2.05) is 18.2 Å². The Morgan fingerprint density at radius 3 is 2.45 bits per heavy atom. The number of carbonyl (C=O) groups is 2. The molecule has 0 saturated carbocycles. The minimum atomic E-state index is -0.593. The minimum absolute atomic E-state index is 0.00186. The average molecular weight is 421 g/mol. The van der Waals surface area contributed by atoms with E-state index < -0.39 is 17.9 Å². The Kier molecular flexibility index (Phi) is 4.93. The average Bonchev–Trinajstić information content (AvgIpc) is 3.28. The summed E-state index contributed by atoms with van der Waals surface area (Å²) >= 11 is 0. The lowest BCUT2D eigenvalue weighted by Gasteiger charge is -2.38. The molecule has 2 bridgehead atoms. The van der Waals surface area contributed by atoms with Crippen molar-refractivity contribution in [3.8, 4) is 0 Å². The molecule has 1 aromatic heterocycles. The molecule has 7 heteroatoms. The Hall–Kier alpha value is -2.93. The van der Waals surface area contributed by atoms with Gasteiger partial charge in [-0.3, -0.25) is 14.4 Å². The van der Waals surface area contributed by atoms with Crippen LogP contribution >= 0.6 is 0 Å². The van der Waals surface area contributed by atoms with Gasteiger partial charge in [0.15, 0.2) is 0 Å². The molecule has 2 N–H and O–H groups in total. The molecule has 0 spiro atoms. The predicted octanol–water partition coefficient (Wildman–Crippen LogP) is 1.03. The Labute approximate surface area is 180 Å². The Morgan fingerprint density at radius 2 is 1.81 bits per heavy atom. The van der Waals surface area contributed by atoms with Crippen molar-refractivity contribution in [1.29, 1.82) is 0 Å². The van der Waals surface area contributed by atoms with Crippen LogP contribution in [0, 0.1) is 11.8 Å². The number of aliphatic hydroxyl groups is 1. The highest BCUT2D eigenvalue weighted by molar-refractivity contribution is 5.84. The molecular weight excluding hydrogens is 394 g/mol. The molecule has 1 saturated heterocycles. The lowest BCUT2D eigenvalue weighted by Crippen LogP contribution is -2.49. The van der Waals surface area contributed by atoms with Gasteiger partial charge in [0.2, 0.25) is 11.8 Å². The highest BCUT2D eigenvalue weighted by Crippen LogP contribution is 2.48. The minimum Gasteiger partial charge on any atom is -0.396 e. The molecule has 2 amide bonds. The van der Waals surface area contributed by atoms with Gasteiger partial charge in [0.1, 0.15) is 0 Å². The van der Waals surface area contributed by atoms with Gasteiger partial charge in [-0.25, -0.2) is 0 Å². The number of aliphatic hydroxyl groups excluding tert-OH is 1. The molecule has 2 aliphatic heterocycles. The second-order valence-electron chi connectivity index (χ2n) is 8.82. The number of nitrogens with zero attached hydrogens (tertiary/aromatic N) is 2. The van der Waals surface area contributed by atoms with Gasteiger partial charge in [0.05, 0.1) is 18.0 Å². The molecular formula is C24H27N3O4. The lowest BCUT2D eigenvalue weighted by molar-refractivity contribution is -0.136. The van der Waals surface area contributed by atoms with Gasteiger partial charge in [-0.15, -0.1) is 0 Å². The first-order chi connectivity index (χ1) is 15.0. The maximum absolute atomic E-state index is 13.6. The zero-order valence-electron chi connectivity index (χ0n) is 17.5. The van der Waals surface area contributed by atoms with Crippen LogP contribution in [-0.2, 0) is 29.0 Å². The summed E-state index contributed by atoms with van der Waals surface area (Å²) in [7, 11) is 0. The number of aromatic nitrogens is 1. The lowest BCUT2D eigenvalue weighted by atomic mass is 9.86. The smallest absolute Gasteiger partial charge is 0.250 e. The van der Waals surface area contributed by atoms with Gasteiger partial charge < -0.3 is 19.9 Å². The van der Waals surface area contributed by atoms with Gasteiger partial charge in [-0.1, -0.05) is 37.3 Å². The predicted molar refractivity (Wildman–Crippen MR) is 114 cm³/mol. The first-order valence-electron chi connectivity index (χ1n) is 11.0. The van der Waals surface area contributed by atoms with Crippen LogP contribution < -0.4 is 10.9 Å². The first kappa shape index (κ1) is 20.0. The summed E-state index contributed by atoms with van der Waals surface area (Å²) in [6.07, 6.45) is 1.87. The second-order valence-corrected chi connectivity index (χ2v) is 8.82. The van der Waals surface area contributed by atoms with Crippen molar-refractivity contribution in [3.63, 3.8) is 0 Å². The van der Waals surface area contributed by atoms with Crippen LogP contribution in [0.2, 0.25) is 0 Å². The summed E-state index contributed by atoms with van der Waals surface area (Å²) in [6.45, 7) is 1.90. The summed E-state index contributed by atoms with van der Waals surface area (Å²) in [5.74, 6) is -1.21. The summed E-state index contributed by atoms with van der Waals surface area (Å²) in [4.78, 5) is 40.7. The van der Waals surface area contributed by atoms with E-state index in [2.05, 4.69) is 17.4 Å². The molecule has 3 heterocycles. The van der Waals surface area contributed by atoms with Crippen LogP contribution in [-0.4, -0.2) is 45.1 Å². The van der Waals surface area contributed by atoms with Crippen molar-refractivity contribution in [1.82, 2.24) is 14.8 Å². The number of benzene rings is 1. The van der Waals surface area contributed by atoms with Crippen LogP contribution in [0.3, 0.4) is 0 Å². The number of rotatable bonds is 4. The second kappa shape index (κ2) is 7.64. The monoisotopic (exact) mass is 421 g/mol. The molecule has 1 aliphatic carbocycles. The van der Waals surface area contributed by atoms with E-state index in [9.17, 15) is 19.5 Å². The molecule has 5 rings (SSSR count). The molecule has 7 nitrogen and oxygen atoms in total. The molecule has 2 aromatic rings. The van der Waals surface area contributed by atoms with Gasteiger partial charge in [0, 0.05) is 43.3 Å². The Morgan fingerprint density at radius 1 is 1.10 bits per heavy atom. The van der Waals surface area contributed by atoms with E-state index in [1.54, 1.807) is 22.5 Å². The Balaban J connectivity index is 1.49. The van der Waals surface area contributed by atoms with Crippen LogP contribution in [0.5, 0.6) is 0 Å². The van der Waals surface area contributed by atoms with Gasteiger partial charge in [-0.05, 0) is 30.0 Å². The molecule has 0 unspecified atom stereocenters. The van der Waals surface area contributed by atoms with Crippen molar-refractivity contribution in [3.05, 3.63) is 69.6 Å². The maximum Gasteiger partial charge on any atom is 0.250 e. The molecule has 31 heavy (non-hydrogen) atoms. The number of fused-ring (bicyclic) bond motifs is 5. The standard InChI is InChI=1S/C24H27N3O4/c1-2-20(29)27-19-12-26-18(8-5-9-21(26)30)23(27)22(17(19)13-28)24(31)25-16-10-14-6-3-4-7-15(14)11-16/h3-9,16-17,19,22-23,28H,2,10-13H2,1H3,(H,25,31)/t17-,19-,22+,23+/m1/s1. The van der Waals surface area contributed by atoms with Crippen molar-refractivity contribution in [2.45, 2.75) is 50.9 Å². The van der Waals surface area contributed by atoms with E-state index >= 15 is 0 Å². The topological polar surface area (TPSA) is 91.6 Å². The summed E-state index contributed by atoms with van der Waals surface area (Å²) in [5, 5.41) is 13.4. The summed E-state index contributed by atoms with van der Waals surface area (Å²) in [5.41, 5.74) is 3.03. The summed E-state index contributed by atoms with van der Waals surface area (Å²) < 4.78 is 1.66. The number of hydrogen-bond donors (Lipinski definition) is 2. The SMILES string of the molecule is CCC(=O)N1[C@@H]2Cn3c(cccc3=O)[C@H]1[C@@H](C(=O)NC1Cc3ccccc3C1)[C@@H]2CO. The summed E-state index contributed by atoms with van der Waals surface area (Å²) in [6, 6.07) is 12.3. The van der Waals surface area contributed by atoms with Crippen LogP contribution in [0.1, 0.15) is 36.2 Å². The molecule has 0 radical (unpaired) electrons. The quantitative estimate of drug-likeness (QED) is 0.772. The third kappa shape index (κ3) is 3.10. The van der Waals surface area contributed by atoms with Gasteiger partial charge in [0.25, 0.3) is 5.56 Å². The van der Waals surface area contributed by atoms with Crippen molar-refractivity contribution in [2.24, 2.45) is 11.8 Å². The fraction of sp³-hybridized carbons (Fsp3) is 0.458. The van der Waals surface area contributed by atoms with Gasteiger partial charge in [-0.2, -0.15) is 0 Å². The van der Waals surface area contributed by atoms with Crippen molar-refractivity contribution < 1.29 is 14.7 Å². The van der Waals surface area contributed by atoms with Crippen molar-refractivity contribution in [2.75, 3.05) is 6.61 Å². The number of pyridine rings is 1. The maximum atomic E-state index is 13.6. The van der Waals surface area contributed by atoms with E-state index in [0.717, 1.165) is 12.8 Å². The molecule has 162 valence electrons. The Bertz CT molecular complexity index is 1070. The molecule has 1 fully saturated rings. The third-order valence-electron chi connectivity index (χ3n) is 7.21. The largest absolute Gasteiger partial charge is 0.396 e. The number of amides is 2. The van der Waals surface area contributed by atoms with E-state index in [4.69, 9.17) is 0 Å². The van der Waals surface area contributed by atoms with Gasteiger partial charge >= 0.3 is 0 Å². The first-order valence-corrected chi connectivity index (χ1v) is 11.0. The zero-order valence-corrected chi connectivity index (χ0v) is 17.5. The normalized spacial score (nSPS) is 26.5. The molecule has 3 aliphatic rings. The van der Waals surface area contributed by atoms with E-state index in [1.165, 1.54) is 17.2 Å². The van der Waals surface area contributed by atoms with E-state index in [0.29, 0.717) is 18.7 Å². The highest BCUT2D eigenvalue weighted by atomic mass is 16.3. The zero-order chi connectivity index (χ0) is 21.7. The third-order valence-corrected chi connectivity index (χ3v) is 7.21. The molecule has 1 aromatic carbocycles. The van der Waals surface area contributed by atoms with Crippen LogP contribution in [0.15, 0.2) is 47.3 Å². The van der Waals surface area contributed by atoms with Crippen LogP contribution in [0.25, 0.3) is 0 Å².